The first kappa shape index (κ1) is 13.2. The highest BCUT2D eigenvalue weighted by molar-refractivity contribution is 5.85. The van der Waals surface area contributed by atoms with Crippen LogP contribution in [0.2, 0.25) is 0 Å². The van der Waals surface area contributed by atoms with E-state index in [2.05, 4.69) is 6.92 Å². The van der Waals surface area contributed by atoms with Crippen LogP contribution in [-0.4, -0.2) is 22.8 Å². The second-order valence-corrected chi connectivity index (χ2v) is 3.61. The van der Waals surface area contributed by atoms with Gasteiger partial charge in [0.2, 0.25) is 0 Å². The quantitative estimate of drug-likeness (QED) is 0.619. The van der Waals surface area contributed by atoms with Gasteiger partial charge in [-0.05, 0) is 32.1 Å². The van der Waals surface area contributed by atoms with E-state index in [-0.39, 0.29) is 6.61 Å². The molecule has 0 aromatic heterocycles. The van der Waals surface area contributed by atoms with Gasteiger partial charge in [0, 0.05) is 12.2 Å². The van der Waals surface area contributed by atoms with E-state index in [0.717, 1.165) is 25.7 Å². The molecule has 3 heteroatoms. The lowest BCUT2D eigenvalue weighted by atomic mass is 9.98. The minimum absolute atomic E-state index is 0.202. The minimum atomic E-state index is -0.860. The number of rotatable bonds is 7. The first-order valence-electron chi connectivity index (χ1n) is 5.12. The third kappa shape index (κ3) is 5.75. The van der Waals surface area contributed by atoms with Crippen molar-refractivity contribution in [3.8, 4) is 0 Å². The molecule has 0 fully saturated rings. The standard InChI is InChI=1S/C11H20O3/c1-3-5-10(8-12)7-4-6-9(2)11(13)14/h6,10,12H,3-5,7-8H2,1-2H3,(H,13,14). The van der Waals surface area contributed by atoms with Crippen LogP contribution in [0.3, 0.4) is 0 Å². The average molecular weight is 200 g/mol. The average Bonchev–Trinajstić information content (AvgIpc) is 2.16. The molecule has 0 aliphatic heterocycles. The molecule has 1 atom stereocenters. The molecule has 0 saturated heterocycles. The summed E-state index contributed by atoms with van der Waals surface area (Å²) in [6.07, 6.45) is 5.41. The van der Waals surface area contributed by atoms with E-state index in [1.807, 2.05) is 0 Å². The summed E-state index contributed by atoms with van der Waals surface area (Å²) in [5, 5.41) is 17.6. The number of carboxylic acids is 1. The van der Waals surface area contributed by atoms with E-state index in [1.54, 1.807) is 13.0 Å². The molecular formula is C11H20O3. The van der Waals surface area contributed by atoms with Gasteiger partial charge in [-0.25, -0.2) is 4.79 Å². The lowest BCUT2D eigenvalue weighted by molar-refractivity contribution is -0.132. The predicted molar refractivity (Wildman–Crippen MR) is 56.1 cm³/mol. The molecule has 0 bridgehead atoms. The van der Waals surface area contributed by atoms with Gasteiger partial charge < -0.3 is 10.2 Å². The summed E-state index contributed by atoms with van der Waals surface area (Å²) in [6, 6.07) is 0. The zero-order chi connectivity index (χ0) is 11.0. The Morgan fingerprint density at radius 1 is 1.43 bits per heavy atom. The largest absolute Gasteiger partial charge is 0.478 e. The van der Waals surface area contributed by atoms with E-state index in [1.165, 1.54) is 0 Å². The molecule has 0 aliphatic carbocycles. The van der Waals surface area contributed by atoms with Crippen LogP contribution in [0.4, 0.5) is 0 Å². The molecule has 1 unspecified atom stereocenters. The first-order valence-corrected chi connectivity index (χ1v) is 5.12. The summed E-state index contributed by atoms with van der Waals surface area (Å²) in [7, 11) is 0. The van der Waals surface area contributed by atoms with Crippen LogP contribution < -0.4 is 0 Å². The maximum Gasteiger partial charge on any atom is 0.330 e. The molecule has 0 aliphatic rings. The molecule has 0 saturated carbocycles. The van der Waals surface area contributed by atoms with Gasteiger partial charge in [0.15, 0.2) is 0 Å². The Morgan fingerprint density at radius 2 is 2.07 bits per heavy atom. The summed E-state index contributed by atoms with van der Waals surface area (Å²) in [6.45, 7) is 3.88. The van der Waals surface area contributed by atoms with Crippen LogP contribution in [0, 0.1) is 5.92 Å². The number of carboxylic acid groups (broad SMARTS) is 1. The van der Waals surface area contributed by atoms with Crippen molar-refractivity contribution < 1.29 is 15.0 Å². The van der Waals surface area contributed by atoms with Crippen molar-refractivity contribution in [3.05, 3.63) is 11.6 Å². The van der Waals surface area contributed by atoms with Crippen molar-refractivity contribution in [2.24, 2.45) is 5.92 Å². The summed E-state index contributed by atoms with van der Waals surface area (Å²) < 4.78 is 0. The normalized spacial score (nSPS) is 14.1. The van der Waals surface area contributed by atoms with Gasteiger partial charge in [0.05, 0.1) is 0 Å². The maximum atomic E-state index is 10.5. The van der Waals surface area contributed by atoms with Gasteiger partial charge in [-0.3, -0.25) is 0 Å². The van der Waals surface area contributed by atoms with E-state index in [9.17, 15) is 4.79 Å². The zero-order valence-corrected chi connectivity index (χ0v) is 8.99. The van der Waals surface area contributed by atoms with Crippen molar-refractivity contribution in [2.45, 2.75) is 39.5 Å². The molecule has 0 radical (unpaired) electrons. The number of aliphatic hydroxyl groups excluding tert-OH is 1. The fourth-order valence-corrected chi connectivity index (χ4v) is 1.36. The third-order valence-corrected chi connectivity index (χ3v) is 2.32. The number of hydrogen-bond acceptors (Lipinski definition) is 2. The molecule has 82 valence electrons. The fourth-order valence-electron chi connectivity index (χ4n) is 1.36. The van der Waals surface area contributed by atoms with Gasteiger partial charge in [0.1, 0.15) is 0 Å². The Bertz CT molecular complexity index is 197. The van der Waals surface area contributed by atoms with Crippen LogP contribution in [0.25, 0.3) is 0 Å². The van der Waals surface area contributed by atoms with Crippen LogP contribution >= 0.6 is 0 Å². The molecule has 14 heavy (non-hydrogen) atoms. The summed E-state index contributed by atoms with van der Waals surface area (Å²) >= 11 is 0. The summed E-state index contributed by atoms with van der Waals surface area (Å²) in [5.74, 6) is -0.543. The van der Waals surface area contributed by atoms with Gasteiger partial charge in [0.25, 0.3) is 0 Å². The van der Waals surface area contributed by atoms with Crippen LogP contribution in [0.5, 0.6) is 0 Å². The van der Waals surface area contributed by atoms with Crippen LogP contribution in [0.1, 0.15) is 39.5 Å². The predicted octanol–water partition coefficient (Wildman–Crippen LogP) is 2.21. The number of aliphatic carboxylic acids is 1. The van der Waals surface area contributed by atoms with Crippen molar-refractivity contribution in [1.29, 1.82) is 0 Å². The number of carbonyl (C=O) groups is 1. The molecule has 0 amide bonds. The monoisotopic (exact) mass is 200 g/mol. The van der Waals surface area contributed by atoms with Gasteiger partial charge >= 0.3 is 5.97 Å². The lowest BCUT2D eigenvalue weighted by Gasteiger charge is -2.10. The molecule has 0 aromatic rings. The smallest absolute Gasteiger partial charge is 0.330 e. The van der Waals surface area contributed by atoms with E-state index >= 15 is 0 Å². The number of aliphatic hydroxyl groups is 1. The van der Waals surface area contributed by atoms with Gasteiger partial charge in [-0.2, -0.15) is 0 Å². The van der Waals surface area contributed by atoms with Crippen molar-refractivity contribution in [1.82, 2.24) is 0 Å². The minimum Gasteiger partial charge on any atom is -0.478 e. The SMILES string of the molecule is CCCC(CO)CCC=C(C)C(=O)O. The molecule has 0 spiro atoms. The van der Waals surface area contributed by atoms with Crippen molar-refractivity contribution in [3.63, 3.8) is 0 Å². The van der Waals surface area contributed by atoms with Gasteiger partial charge in [-0.15, -0.1) is 0 Å². The Morgan fingerprint density at radius 3 is 2.50 bits per heavy atom. The van der Waals surface area contributed by atoms with E-state index in [4.69, 9.17) is 10.2 Å². The lowest BCUT2D eigenvalue weighted by Crippen LogP contribution is -2.05. The summed E-state index contributed by atoms with van der Waals surface area (Å²) in [5.41, 5.74) is 0.387. The van der Waals surface area contributed by atoms with E-state index in [0.29, 0.717) is 11.5 Å². The Balaban J connectivity index is 3.80. The van der Waals surface area contributed by atoms with Crippen LogP contribution in [0.15, 0.2) is 11.6 Å². The highest BCUT2D eigenvalue weighted by Gasteiger charge is 2.05. The molecule has 0 rings (SSSR count). The second-order valence-electron chi connectivity index (χ2n) is 3.61. The number of allylic oxidation sites excluding steroid dienone is 1. The Kier molecular flexibility index (Phi) is 7.11. The Hall–Kier alpha value is -0.830. The topological polar surface area (TPSA) is 57.5 Å². The Labute approximate surface area is 85.4 Å². The highest BCUT2D eigenvalue weighted by atomic mass is 16.4. The first-order chi connectivity index (χ1) is 6.61. The third-order valence-electron chi connectivity index (χ3n) is 2.32. The molecule has 0 heterocycles. The fraction of sp³-hybridized carbons (Fsp3) is 0.727. The molecule has 2 N–H and O–H groups in total. The molecular weight excluding hydrogens is 180 g/mol. The van der Waals surface area contributed by atoms with Crippen molar-refractivity contribution >= 4 is 5.97 Å². The molecule has 0 aromatic carbocycles. The number of hydrogen-bond donors (Lipinski definition) is 2. The maximum absolute atomic E-state index is 10.5. The molecule has 3 nitrogen and oxygen atoms in total. The van der Waals surface area contributed by atoms with Crippen LogP contribution in [-0.2, 0) is 4.79 Å². The van der Waals surface area contributed by atoms with E-state index < -0.39 is 5.97 Å². The zero-order valence-electron chi connectivity index (χ0n) is 8.99. The highest BCUT2D eigenvalue weighted by Crippen LogP contribution is 2.13. The summed E-state index contributed by atoms with van der Waals surface area (Å²) in [4.78, 5) is 10.5. The van der Waals surface area contributed by atoms with Crippen molar-refractivity contribution in [2.75, 3.05) is 6.61 Å². The second kappa shape index (κ2) is 7.56. The van der Waals surface area contributed by atoms with Gasteiger partial charge in [-0.1, -0.05) is 19.4 Å².